The summed E-state index contributed by atoms with van der Waals surface area (Å²) in [6.07, 6.45) is 0. The molecule has 0 spiro atoms. The number of nitrogens with zero attached hydrogens (tertiary/aromatic N) is 3. The number of aliphatic hydroxyl groups is 1. The van der Waals surface area contributed by atoms with Crippen molar-refractivity contribution in [2.24, 2.45) is 0 Å². The molecule has 0 radical (unpaired) electrons. The van der Waals surface area contributed by atoms with Crippen molar-refractivity contribution in [1.29, 1.82) is 0 Å². The van der Waals surface area contributed by atoms with E-state index in [1.807, 2.05) is 13.8 Å². The van der Waals surface area contributed by atoms with Crippen LogP contribution < -0.4 is 9.64 Å². The van der Waals surface area contributed by atoms with Gasteiger partial charge in [0.15, 0.2) is 5.13 Å². The van der Waals surface area contributed by atoms with Crippen LogP contribution in [0.2, 0.25) is 0 Å². The molecule has 0 saturated carbocycles. The van der Waals surface area contributed by atoms with Gasteiger partial charge in [0.05, 0.1) is 28.8 Å². The Hall–Kier alpha value is -4.05. The van der Waals surface area contributed by atoms with Crippen LogP contribution in [-0.2, 0) is 9.59 Å². The number of ether oxygens (including phenoxy) is 1. The Balaban J connectivity index is 1.92. The van der Waals surface area contributed by atoms with Gasteiger partial charge in [-0.05, 0) is 50.6 Å². The second-order valence-electron chi connectivity index (χ2n) is 7.62. The minimum Gasteiger partial charge on any atom is -0.507 e. The molecule has 1 amide bonds. The number of hydrogen-bond donors (Lipinski definition) is 1. The monoisotopic (exact) mass is 479 g/mol. The number of aliphatic hydroxyl groups excluding tert-OH is 1. The molecule has 1 saturated heterocycles. The van der Waals surface area contributed by atoms with Gasteiger partial charge in [0.2, 0.25) is 0 Å². The zero-order valence-corrected chi connectivity index (χ0v) is 19.5. The average molecular weight is 480 g/mol. The first-order valence-corrected chi connectivity index (χ1v) is 11.3. The fourth-order valence-electron chi connectivity index (χ4n) is 3.74. The number of carbonyl (C=O) groups is 2. The highest BCUT2D eigenvalue weighted by Gasteiger charge is 2.48. The van der Waals surface area contributed by atoms with Gasteiger partial charge in [0.25, 0.3) is 11.5 Å². The lowest BCUT2D eigenvalue weighted by atomic mass is 9.95. The topological polar surface area (TPSA) is 123 Å². The molecule has 174 valence electrons. The third-order valence-corrected chi connectivity index (χ3v) is 6.58. The van der Waals surface area contributed by atoms with Gasteiger partial charge in [-0.1, -0.05) is 12.1 Å². The number of nitro groups is 1. The quantitative estimate of drug-likeness (QED) is 0.179. The van der Waals surface area contributed by atoms with Gasteiger partial charge in [-0.3, -0.25) is 24.6 Å². The normalized spacial score (nSPS) is 17.3. The molecule has 4 rings (SSSR count). The van der Waals surface area contributed by atoms with Gasteiger partial charge >= 0.3 is 5.91 Å². The molecule has 1 aromatic heterocycles. The lowest BCUT2D eigenvalue weighted by Gasteiger charge is -2.22. The summed E-state index contributed by atoms with van der Waals surface area (Å²) in [7, 11) is 0. The number of nitro benzene ring substituents is 1. The van der Waals surface area contributed by atoms with Crippen molar-refractivity contribution in [2.75, 3.05) is 11.5 Å². The van der Waals surface area contributed by atoms with Crippen molar-refractivity contribution in [3.63, 3.8) is 0 Å². The van der Waals surface area contributed by atoms with E-state index in [4.69, 9.17) is 4.74 Å². The first kappa shape index (κ1) is 23.1. The van der Waals surface area contributed by atoms with Crippen molar-refractivity contribution in [1.82, 2.24) is 4.98 Å². The van der Waals surface area contributed by atoms with Gasteiger partial charge in [-0.25, -0.2) is 4.98 Å². The number of Topliss-reactive ketones (excluding diaryl/α,β-unsaturated/α-hetero) is 1. The van der Waals surface area contributed by atoms with Crippen LogP contribution in [0.4, 0.5) is 10.8 Å². The molecule has 1 aliphatic rings. The van der Waals surface area contributed by atoms with E-state index in [9.17, 15) is 24.8 Å². The number of non-ortho nitro benzene ring substituents is 1. The average Bonchev–Trinajstić information content (AvgIpc) is 3.29. The van der Waals surface area contributed by atoms with Crippen LogP contribution in [0.25, 0.3) is 5.76 Å². The molecule has 10 heteroatoms. The highest BCUT2D eigenvalue weighted by molar-refractivity contribution is 7.16. The van der Waals surface area contributed by atoms with Gasteiger partial charge in [0.1, 0.15) is 11.5 Å². The molecular weight excluding hydrogens is 458 g/mol. The van der Waals surface area contributed by atoms with Crippen LogP contribution in [0.15, 0.2) is 54.1 Å². The molecule has 0 unspecified atom stereocenters. The highest BCUT2D eigenvalue weighted by atomic mass is 32.1. The smallest absolute Gasteiger partial charge is 0.301 e. The van der Waals surface area contributed by atoms with Crippen LogP contribution in [0, 0.1) is 24.0 Å². The van der Waals surface area contributed by atoms with E-state index in [-0.39, 0.29) is 22.2 Å². The third-order valence-electron chi connectivity index (χ3n) is 5.50. The number of thiazole rings is 1. The summed E-state index contributed by atoms with van der Waals surface area (Å²) in [5, 5.41) is 22.8. The Bertz CT molecular complexity index is 1310. The molecule has 34 heavy (non-hydrogen) atoms. The summed E-state index contributed by atoms with van der Waals surface area (Å²) >= 11 is 1.23. The number of anilines is 1. The van der Waals surface area contributed by atoms with E-state index in [0.717, 1.165) is 4.88 Å². The molecule has 3 aromatic rings. The maximum Gasteiger partial charge on any atom is 0.301 e. The van der Waals surface area contributed by atoms with E-state index < -0.39 is 22.7 Å². The summed E-state index contributed by atoms with van der Waals surface area (Å²) < 4.78 is 5.42. The number of aryl methyl sites for hydroxylation is 2. The fourth-order valence-corrected chi connectivity index (χ4v) is 4.68. The van der Waals surface area contributed by atoms with Crippen molar-refractivity contribution in [3.05, 3.63) is 85.9 Å². The van der Waals surface area contributed by atoms with Gasteiger partial charge < -0.3 is 9.84 Å². The SMILES string of the molecule is CCOc1ccc(C(O)=C2C(=O)C(=O)N(c3nc(C)c(C)s3)[C@@H]2c2cccc([N+](=O)[O-])c2)cc1. The minimum atomic E-state index is -1.09. The number of carbonyl (C=O) groups excluding carboxylic acids is 2. The number of hydrogen-bond acceptors (Lipinski definition) is 8. The second-order valence-corrected chi connectivity index (χ2v) is 8.80. The molecule has 0 bridgehead atoms. The molecule has 1 fully saturated rings. The predicted octanol–water partition coefficient (Wildman–Crippen LogP) is 4.69. The zero-order chi connectivity index (χ0) is 24.6. The summed E-state index contributed by atoms with van der Waals surface area (Å²) in [5.41, 5.74) is 0.955. The van der Waals surface area contributed by atoms with E-state index in [0.29, 0.717) is 29.2 Å². The van der Waals surface area contributed by atoms with Crippen LogP contribution in [0.3, 0.4) is 0 Å². The predicted molar refractivity (Wildman–Crippen MR) is 127 cm³/mol. The first-order chi connectivity index (χ1) is 16.2. The van der Waals surface area contributed by atoms with E-state index >= 15 is 0 Å². The van der Waals surface area contributed by atoms with Crippen LogP contribution in [0.5, 0.6) is 5.75 Å². The Morgan fingerprint density at radius 1 is 1.21 bits per heavy atom. The molecule has 2 heterocycles. The summed E-state index contributed by atoms with van der Waals surface area (Å²) in [6.45, 7) is 5.94. The van der Waals surface area contributed by atoms with Crippen LogP contribution in [0.1, 0.15) is 34.7 Å². The van der Waals surface area contributed by atoms with Crippen molar-refractivity contribution >= 4 is 39.6 Å². The largest absolute Gasteiger partial charge is 0.507 e. The van der Waals surface area contributed by atoms with Gasteiger partial charge in [-0.2, -0.15) is 0 Å². The maximum absolute atomic E-state index is 13.2. The van der Waals surface area contributed by atoms with Crippen molar-refractivity contribution in [3.8, 4) is 5.75 Å². The molecular formula is C24H21N3O6S. The maximum atomic E-state index is 13.2. The van der Waals surface area contributed by atoms with Crippen molar-refractivity contribution < 1.29 is 24.4 Å². The Morgan fingerprint density at radius 3 is 2.50 bits per heavy atom. The minimum absolute atomic E-state index is 0.167. The van der Waals surface area contributed by atoms with E-state index in [2.05, 4.69) is 4.98 Å². The summed E-state index contributed by atoms with van der Waals surface area (Å²) in [6, 6.07) is 11.0. The number of amides is 1. The fraction of sp³-hybridized carbons (Fsp3) is 0.208. The van der Waals surface area contributed by atoms with E-state index in [1.165, 1.54) is 34.4 Å². The first-order valence-electron chi connectivity index (χ1n) is 10.5. The van der Waals surface area contributed by atoms with Gasteiger partial charge in [-0.15, -0.1) is 11.3 Å². The van der Waals surface area contributed by atoms with Gasteiger partial charge in [0, 0.05) is 22.6 Å². The zero-order valence-electron chi connectivity index (χ0n) is 18.6. The number of ketones is 1. The Morgan fingerprint density at radius 2 is 1.91 bits per heavy atom. The van der Waals surface area contributed by atoms with E-state index in [1.54, 1.807) is 37.3 Å². The lowest BCUT2D eigenvalue weighted by molar-refractivity contribution is -0.384. The summed E-state index contributed by atoms with van der Waals surface area (Å²) in [4.78, 5) is 43.7. The van der Waals surface area contributed by atoms with Crippen molar-refractivity contribution in [2.45, 2.75) is 26.8 Å². The standard InChI is InChI=1S/C24H21N3O6S/c1-4-33-18-10-8-15(9-11-18)21(28)19-20(16-6-5-7-17(12-16)27(31)32)26(23(30)22(19)29)24-25-13(2)14(3)34-24/h5-12,20,28H,4H2,1-3H3/t20-/m1/s1. The number of rotatable bonds is 6. The second kappa shape index (κ2) is 9.06. The molecule has 2 aromatic carbocycles. The third kappa shape index (κ3) is 4.03. The van der Waals surface area contributed by atoms with Crippen LogP contribution >= 0.6 is 11.3 Å². The van der Waals surface area contributed by atoms with Crippen LogP contribution in [-0.4, -0.2) is 33.3 Å². The molecule has 1 N–H and O–H groups in total. The number of aromatic nitrogens is 1. The summed E-state index contributed by atoms with van der Waals surface area (Å²) in [5.74, 6) is -1.56. The number of benzene rings is 2. The Kier molecular flexibility index (Phi) is 6.16. The lowest BCUT2D eigenvalue weighted by Crippen LogP contribution is -2.29. The molecule has 1 atom stereocenters. The highest BCUT2D eigenvalue weighted by Crippen LogP contribution is 2.44. The molecule has 1 aliphatic heterocycles. The Labute approximate surface area is 199 Å². The molecule has 9 nitrogen and oxygen atoms in total. The molecule has 0 aliphatic carbocycles.